The number of unbranched alkanes of at least 4 members (excludes halogenated alkanes) is 1. The lowest BCUT2D eigenvalue weighted by atomic mass is 9.91. The zero-order valence-corrected chi connectivity index (χ0v) is 8.68. The molecule has 0 aromatic rings. The van der Waals surface area contributed by atoms with Crippen LogP contribution in [0.2, 0.25) is 0 Å². The van der Waals surface area contributed by atoms with Gasteiger partial charge in [-0.3, -0.25) is 0 Å². The molecule has 2 atom stereocenters. The maximum atomic E-state index is 10.5. The molecule has 0 heterocycles. The van der Waals surface area contributed by atoms with E-state index < -0.39 is 0 Å². The van der Waals surface area contributed by atoms with E-state index >= 15 is 0 Å². The molecule has 1 nitrogen and oxygen atoms in total. The lowest BCUT2D eigenvalue weighted by Gasteiger charge is -2.13. The molecule has 0 aliphatic rings. The van der Waals surface area contributed by atoms with Crippen molar-refractivity contribution in [1.82, 2.24) is 0 Å². The molecule has 0 aliphatic heterocycles. The van der Waals surface area contributed by atoms with Crippen LogP contribution in [0.1, 0.15) is 52.9 Å². The Kier molecular flexibility index (Phi) is 7.12. The molecule has 2 unspecified atom stereocenters. The van der Waals surface area contributed by atoms with Gasteiger partial charge in [-0.25, -0.2) is 0 Å². The van der Waals surface area contributed by atoms with E-state index in [1.165, 1.54) is 19.3 Å². The number of carbonyl (C=O) groups excluding carboxylic acids is 1. The second kappa shape index (κ2) is 7.33. The fourth-order valence-corrected chi connectivity index (χ4v) is 1.51. The van der Waals surface area contributed by atoms with Crippen molar-refractivity contribution in [2.24, 2.45) is 11.8 Å². The highest BCUT2D eigenvalue weighted by Gasteiger charge is 2.09. The Morgan fingerprint density at radius 2 is 2.00 bits per heavy atom. The summed E-state index contributed by atoms with van der Waals surface area (Å²) in [5.74, 6) is 1.02. The molecule has 0 spiro atoms. The number of carbonyl (C=O) groups is 1. The smallest absolute Gasteiger partial charge is 0.123 e. The number of aldehydes is 1. The predicted molar refractivity (Wildman–Crippen MR) is 53.2 cm³/mol. The normalized spacial score (nSPS) is 15.6. The molecule has 0 saturated heterocycles. The monoisotopic (exact) mass is 170 g/mol. The van der Waals surface area contributed by atoms with E-state index in [4.69, 9.17) is 0 Å². The Morgan fingerprint density at radius 1 is 1.33 bits per heavy atom. The summed E-state index contributed by atoms with van der Waals surface area (Å²) in [7, 11) is 0. The zero-order valence-electron chi connectivity index (χ0n) is 8.68. The zero-order chi connectivity index (χ0) is 9.40. The van der Waals surface area contributed by atoms with Crippen LogP contribution in [0.4, 0.5) is 0 Å². The first-order valence-corrected chi connectivity index (χ1v) is 5.19. The second-order valence-electron chi connectivity index (χ2n) is 3.79. The predicted octanol–water partition coefficient (Wildman–Crippen LogP) is 3.43. The van der Waals surface area contributed by atoms with Crippen LogP contribution in [0.3, 0.4) is 0 Å². The summed E-state index contributed by atoms with van der Waals surface area (Å²) in [6.45, 7) is 6.55. The Morgan fingerprint density at radius 3 is 2.42 bits per heavy atom. The van der Waals surface area contributed by atoms with Crippen LogP contribution in [0, 0.1) is 11.8 Å². The molecule has 0 aliphatic carbocycles. The van der Waals surface area contributed by atoms with Crippen LogP contribution >= 0.6 is 0 Å². The molecular formula is C11H22O. The molecular weight excluding hydrogens is 148 g/mol. The number of hydrogen-bond donors (Lipinski definition) is 0. The van der Waals surface area contributed by atoms with Crippen LogP contribution in [-0.4, -0.2) is 6.29 Å². The van der Waals surface area contributed by atoms with Crippen LogP contribution in [0.5, 0.6) is 0 Å². The highest BCUT2D eigenvalue weighted by Crippen LogP contribution is 2.18. The summed E-state index contributed by atoms with van der Waals surface area (Å²) in [6, 6.07) is 0. The molecule has 0 amide bonds. The van der Waals surface area contributed by atoms with E-state index in [1.54, 1.807) is 0 Å². The summed E-state index contributed by atoms with van der Waals surface area (Å²) < 4.78 is 0. The van der Waals surface area contributed by atoms with E-state index in [9.17, 15) is 4.79 Å². The first-order valence-electron chi connectivity index (χ1n) is 5.19. The number of rotatable bonds is 7. The van der Waals surface area contributed by atoms with Crippen LogP contribution in [-0.2, 0) is 4.79 Å². The van der Waals surface area contributed by atoms with Gasteiger partial charge in [0.05, 0.1) is 0 Å². The summed E-state index contributed by atoms with van der Waals surface area (Å²) in [5, 5.41) is 0. The standard InChI is InChI=1S/C11H22O/c1-4-6-7-10(3)8-11(5-2)9-12/h9-11H,4-8H2,1-3H3. The molecule has 0 N–H and O–H groups in total. The molecule has 12 heavy (non-hydrogen) atoms. The molecule has 0 aromatic carbocycles. The number of hydrogen-bond acceptors (Lipinski definition) is 1. The van der Waals surface area contributed by atoms with Crippen molar-refractivity contribution in [1.29, 1.82) is 0 Å². The molecule has 0 radical (unpaired) electrons. The van der Waals surface area contributed by atoms with Crippen molar-refractivity contribution < 1.29 is 4.79 Å². The maximum Gasteiger partial charge on any atom is 0.123 e. The highest BCUT2D eigenvalue weighted by atomic mass is 16.1. The average Bonchev–Trinajstić information content (AvgIpc) is 2.10. The van der Waals surface area contributed by atoms with E-state index in [1.807, 2.05) is 0 Å². The highest BCUT2D eigenvalue weighted by molar-refractivity contribution is 5.53. The van der Waals surface area contributed by atoms with Gasteiger partial charge < -0.3 is 4.79 Å². The molecule has 0 aromatic heterocycles. The lowest BCUT2D eigenvalue weighted by molar-refractivity contribution is -0.111. The summed E-state index contributed by atoms with van der Waals surface area (Å²) in [4.78, 5) is 10.5. The fourth-order valence-electron chi connectivity index (χ4n) is 1.51. The third kappa shape index (κ3) is 5.34. The van der Waals surface area contributed by atoms with E-state index in [2.05, 4.69) is 20.8 Å². The van der Waals surface area contributed by atoms with Crippen LogP contribution in [0.15, 0.2) is 0 Å². The van der Waals surface area contributed by atoms with Crippen LogP contribution < -0.4 is 0 Å². The summed E-state index contributed by atoms with van der Waals surface area (Å²) in [6.07, 6.45) is 7.04. The third-order valence-electron chi connectivity index (χ3n) is 2.47. The quantitative estimate of drug-likeness (QED) is 0.535. The fraction of sp³-hybridized carbons (Fsp3) is 0.909. The van der Waals surface area contributed by atoms with Gasteiger partial charge in [0.25, 0.3) is 0 Å². The largest absolute Gasteiger partial charge is 0.303 e. The molecule has 72 valence electrons. The summed E-state index contributed by atoms with van der Waals surface area (Å²) >= 11 is 0. The molecule has 0 bridgehead atoms. The van der Waals surface area contributed by atoms with Gasteiger partial charge in [0.15, 0.2) is 0 Å². The topological polar surface area (TPSA) is 17.1 Å². The molecule has 0 fully saturated rings. The van der Waals surface area contributed by atoms with E-state index in [0.717, 1.165) is 25.0 Å². The Bertz CT molecular complexity index is 110. The second-order valence-corrected chi connectivity index (χ2v) is 3.79. The molecule has 0 rings (SSSR count). The van der Waals surface area contributed by atoms with Crippen molar-refractivity contribution in [3.8, 4) is 0 Å². The Balaban J connectivity index is 3.51. The molecule has 1 heteroatoms. The van der Waals surface area contributed by atoms with Crippen molar-refractivity contribution in [3.05, 3.63) is 0 Å². The van der Waals surface area contributed by atoms with Crippen LogP contribution in [0.25, 0.3) is 0 Å². The van der Waals surface area contributed by atoms with E-state index in [-0.39, 0.29) is 0 Å². The van der Waals surface area contributed by atoms with Gasteiger partial charge in [-0.15, -0.1) is 0 Å². The SMILES string of the molecule is CCCCC(C)CC(C=O)CC. The lowest BCUT2D eigenvalue weighted by Crippen LogP contribution is -2.06. The Hall–Kier alpha value is -0.330. The van der Waals surface area contributed by atoms with Crippen molar-refractivity contribution >= 4 is 6.29 Å². The maximum absolute atomic E-state index is 10.5. The first kappa shape index (κ1) is 11.7. The summed E-state index contributed by atoms with van der Waals surface area (Å²) in [5.41, 5.74) is 0. The van der Waals surface area contributed by atoms with Gasteiger partial charge in [-0.05, 0) is 18.8 Å². The third-order valence-corrected chi connectivity index (χ3v) is 2.47. The van der Waals surface area contributed by atoms with E-state index in [0.29, 0.717) is 5.92 Å². The van der Waals surface area contributed by atoms with Gasteiger partial charge in [0, 0.05) is 5.92 Å². The van der Waals surface area contributed by atoms with Gasteiger partial charge in [-0.2, -0.15) is 0 Å². The Labute approximate surface area is 76.6 Å². The minimum Gasteiger partial charge on any atom is -0.303 e. The minimum atomic E-state index is 0.303. The molecule has 0 saturated carbocycles. The van der Waals surface area contributed by atoms with Gasteiger partial charge in [0.1, 0.15) is 6.29 Å². The van der Waals surface area contributed by atoms with Crippen molar-refractivity contribution in [3.63, 3.8) is 0 Å². The minimum absolute atomic E-state index is 0.303. The van der Waals surface area contributed by atoms with Gasteiger partial charge in [-0.1, -0.05) is 40.0 Å². The van der Waals surface area contributed by atoms with Crippen molar-refractivity contribution in [2.45, 2.75) is 52.9 Å². The first-order chi connectivity index (χ1) is 5.74. The average molecular weight is 170 g/mol. The van der Waals surface area contributed by atoms with Crippen molar-refractivity contribution in [2.75, 3.05) is 0 Å². The van der Waals surface area contributed by atoms with Gasteiger partial charge in [0.2, 0.25) is 0 Å². The van der Waals surface area contributed by atoms with Gasteiger partial charge >= 0.3 is 0 Å².